The molecule has 25 heavy (non-hydrogen) atoms. The van der Waals surface area contributed by atoms with E-state index < -0.39 is 12.1 Å². The van der Waals surface area contributed by atoms with Gasteiger partial charge in [-0.1, -0.05) is 68.3 Å². The van der Waals surface area contributed by atoms with Crippen LogP contribution in [0.15, 0.2) is 54.6 Å². The third kappa shape index (κ3) is 5.85. The summed E-state index contributed by atoms with van der Waals surface area (Å²) < 4.78 is 0. The molecule has 132 valence electrons. The molecule has 0 amide bonds. The van der Waals surface area contributed by atoms with Gasteiger partial charge in [0.05, 0.1) is 0 Å². The Bertz CT molecular complexity index is 687. The zero-order valence-corrected chi connectivity index (χ0v) is 14.4. The van der Waals surface area contributed by atoms with E-state index in [1.807, 2.05) is 24.3 Å². The first-order valence-electron chi connectivity index (χ1n) is 8.54. The van der Waals surface area contributed by atoms with Crippen LogP contribution in [0.25, 0.3) is 6.08 Å². The number of carboxylic acids is 1. The smallest absolute Gasteiger partial charge is 0.328 e. The van der Waals surface area contributed by atoms with Crippen molar-refractivity contribution >= 4 is 12.0 Å². The van der Waals surface area contributed by atoms with Gasteiger partial charge in [-0.05, 0) is 41.2 Å². The van der Waals surface area contributed by atoms with Crippen LogP contribution in [0.4, 0.5) is 0 Å². The van der Waals surface area contributed by atoms with Crippen molar-refractivity contribution in [3.05, 3.63) is 76.9 Å². The average molecular weight is 340 g/mol. The van der Waals surface area contributed by atoms with Crippen LogP contribution in [0.3, 0.4) is 0 Å². The van der Waals surface area contributed by atoms with Crippen LogP contribution in [0.1, 0.15) is 54.5 Å². The van der Waals surface area contributed by atoms with Crippen molar-refractivity contribution in [2.75, 3.05) is 0 Å². The first kappa shape index (κ1) is 18.9. The Morgan fingerprint density at radius 3 is 2.16 bits per heavy atom. The number of aryl methyl sites for hydroxylation is 1. The maximum atomic E-state index is 10.5. The third-order valence-corrected chi connectivity index (χ3v) is 4.11. The lowest BCUT2D eigenvalue weighted by Gasteiger charge is -2.15. The van der Waals surface area contributed by atoms with E-state index in [1.165, 1.54) is 30.9 Å². The van der Waals surface area contributed by atoms with E-state index in [9.17, 15) is 10.1 Å². The molecule has 0 aromatic heterocycles. The Hall–Kier alpha value is -2.43. The number of aliphatic carboxylic acids is 1. The highest BCUT2D eigenvalue weighted by atomic mass is 17.1. The van der Waals surface area contributed by atoms with Gasteiger partial charge in [-0.15, -0.1) is 0 Å². The lowest BCUT2D eigenvalue weighted by Crippen LogP contribution is -2.04. The van der Waals surface area contributed by atoms with Gasteiger partial charge in [0.1, 0.15) is 6.10 Å². The van der Waals surface area contributed by atoms with Gasteiger partial charge in [-0.2, -0.15) is 0 Å². The maximum Gasteiger partial charge on any atom is 0.328 e. The molecule has 0 aliphatic heterocycles. The van der Waals surface area contributed by atoms with Crippen LogP contribution in [-0.4, -0.2) is 16.3 Å². The highest BCUT2D eigenvalue weighted by Crippen LogP contribution is 2.26. The Kier molecular flexibility index (Phi) is 7.38. The third-order valence-electron chi connectivity index (χ3n) is 4.11. The molecule has 1 unspecified atom stereocenters. The number of unbranched alkanes of at least 4 members (excludes halogenated alkanes) is 2. The second-order valence-electron chi connectivity index (χ2n) is 6.02. The molecule has 2 aromatic carbocycles. The maximum absolute atomic E-state index is 10.5. The summed E-state index contributed by atoms with van der Waals surface area (Å²) >= 11 is 0. The Labute approximate surface area is 148 Å². The molecule has 0 aliphatic rings. The van der Waals surface area contributed by atoms with Gasteiger partial charge in [-0.3, -0.25) is 5.26 Å². The lowest BCUT2D eigenvalue weighted by molar-refractivity contribution is -0.270. The number of rotatable bonds is 9. The number of hydrogen-bond donors (Lipinski definition) is 2. The molecular formula is C21H24O4. The lowest BCUT2D eigenvalue weighted by atomic mass is 9.98. The number of carbonyl (C=O) groups is 1. The zero-order valence-electron chi connectivity index (χ0n) is 14.4. The van der Waals surface area contributed by atoms with E-state index in [0.717, 1.165) is 29.2 Å². The minimum atomic E-state index is -0.986. The number of carboxylic acid groups (broad SMARTS) is 1. The summed E-state index contributed by atoms with van der Waals surface area (Å²) in [5.74, 6) is -0.986. The Balaban J connectivity index is 2.09. The normalized spacial score (nSPS) is 12.4. The van der Waals surface area contributed by atoms with Crippen LogP contribution in [0, 0.1) is 0 Å². The van der Waals surface area contributed by atoms with E-state index in [2.05, 4.69) is 23.9 Å². The van der Waals surface area contributed by atoms with Crippen molar-refractivity contribution < 1.29 is 20.0 Å². The molecule has 2 aromatic rings. The van der Waals surface area contributed by atoms with E-state index in [-0.39, 0.29) is 0 Å². The van der Waals surface area contributed by atoms with Gasteiger partial charge >= 0.3 is 5.97 Å². The first-order chi connectivity index (χ1) is 12.1. The van der Waals surface area contributed by atoms with Crippen molar-refractivity contribution in [2.24, 2.45) is 0 Å². The van der Waals surface area contributed by atoms with Crippen molar-refractivity contribution in [1.29, 1.82) is 0 Å². The highest BCUT2D eigenvalue weighted by molar-refractivity contribution is 5.85. The summed E-state index contributed by atoms with van der Waals surface area (Å²) in [6.45, 7) is 2.19. The molecule has 0 heterocycles. The summed E-state index contributed by atoms with van der Waals surface area (Å²) in [5, 5.41) is 18.0. The monoisotopic (exact) mass is 340 g/mol. The quantitative estimate of drug-likeness (QED) is 0.288. The molecule has 1 atom stereocenters. The minimum Gasteiger partial charge on any atom is -0.478 e. The van der Waals surface area contributed by atoms with Crippen LogP contribution in [0.5, 0.6) is 0 Å². The summed E-state index contributed by atoms with van der Waals surface area (Å²) in [6, 6.07) is 15.3. The molecule has 0 saturated carbocycles. The van der Waals surface area contributed by atoms with Crippen LogP contribution in [-0.2, 0) is 16.1 Å². The molecule has 0 bridgehead atoms. The number of hydrogen-bond acceptors (Lipinski definition) is 3. The van der Waals surface area contributed by atoms with Gasteiger partial charge in [0.15, 0.2) is 0 Å². The molecule has 0 fully saturated rings. The minimum absolute atomic E-state index is 0.567. The van der Waals surface area contributed by atoms with Crippen molar-refractivity contribution in [1.82, 2.24) is 0 Å². The standard InChI is InChI=1S/C21H24O4/c1-2-3-4-5-16-6-11-18(12-7-16)21(25-24)19-13-8-17(9-14-19)10-15-20(22)23/h6-15,21,24H,2-5H2,1H3,(H,22,23). The van der Waals surface area contributed by atoms with Gasteiger partial charge in [-0.25, -0.2) is 9.68 Å². The molecule has 2 rings (SSSR count). The second-order valence-corrected chi connectivity index (χ2v) is 6.02. The summed E-state index contributed by atoms with van der Waals surface area (Å²) in [5.41, 5.74) is 3.72. The predicted octanol–water partition coefficient (Wildman–Crippen LogP) is 5.10. The Morgan fingerprint density at radius 2 is 1.64 bits per heavy atom. The number of benzene rings is 2. The first-order valence-corrected chi connectivity index (χ1v) is 8.54. The summed E-state index contributed by atoms with van der Waals surface area (Å²) in [7, 11) is 0. The average Bonchev–Trinajstić information content (AvgIpc) is 2.63. The molecular weight excluding hydrogens is 316 g/mol. The van der Waals surface area contributed by atoms with Crippen molar-refractivity contribution in [2.45, 2.75) is 38.7 Å². The van der Waals surface area contributed by atoms with Gasteiger partial charge in [0.25, 0.3) is 0 Å². The van der Waals surface area contributed by atoms with Crippen molar-refractivity contribution in [3.63, 3.8) is 0 Å². The molecule has 4 nitrogen and oxygen atoms in total. The fourth-order valence-electron chi connectivity index (χ4n) is 2.70. The van der Waals surface area contributed by atoms with E-state index in [0.29, 0.717) is 0 Å². The summed E-state index contributed by atoms with van der Waals surface area (Å²) in [6.07, 6.45) is 6.72. The molecule has 4 heteroatoms. The van der Waals surface area contributed by atoms with Gasteiger partial charge < -0.3 is 5.11 Å². The molecule has 0 saturated heterocycles. The molecule has 0 radical (unpaired) electrons. The van der Waals surface area contributed by atoms with Crippen LogP contribution >= 0.6 is 0 Å². The predicted molar refractivity (Wildman–Crippen MR) is 98.3 cm³/mol. The molecule has 0 aliphatic carbocycles. The fraction of sp³-hybridized carbons (Fsp3) is 0.286. The zero-order chi connectivity index (χ0) is 18.1. The van der Waals surface area contributed by atoms with Crippen molar-refractivity contribution in [3.8, 4) is 0 Å². The highest BCUT2D eigenvalue weighted by Gasteiger charge is 2.14. The topological polar surface area (TPSA) is 66.8 Å². The molecule has 0 spiro atoms. The van der Waals surface area contributed by atoms with E-state index in [4.69, 9.17) is 5.11 Å². The molecule has 2 N–H and O–H groups in total. The van der Waals surface area contributed by atoms with Gasteiger partial charge in [0.2, 0.25) is 0 Å². The van der Waals surface area contributed by atoms with E-state index >= 15 is 0 Å². The largest absolute Gasteiger partial charge is 0.478 e. The van der Waals surface area contributed by atoms with Crippen LogP contribution < -0.4 is 0 Å². The van der Waals surface area contributed by atoms with Gasteiger partial charge in [0, 0.05) is 6.08 Å². The van der Waals surface area contributed by atoms with E-state index in [1.54, 1.807) is 12.1 Å². The van der Waals surface area contributed by atoms with Crippen LogP contribution in [0.2, 0.25) is 0 Å². The fourth-order valence-corrected chi connectivity index (χ4v) is 2.70. The Morgan fingerprint density at radius 1 is 1.04 bits per heavy atom. The summed E-state index contributed by atoms with van der Waals surface area (Å²) in [4.78, 5) is 15.2. The second kappa shape index (κ2) is 9.77. The SMILES string of the molecule is CCCCCc1ccc(C(OO)c2ccc(C=CC(=O)O)cc2)cc1.